The molecule has 2 heterocycles. The predicted octanol–water partition coefficient (Wildman–Crippen LogP) is 3.38. The van der Waals surface area contributed by atoms with E-state index in [0.717, 1.165) is 6.20 Å². The highest BCUT2D eigenvalue weighted by atomic mass is 19.4. The van der Waals surface area contributed by atoms with Crippen LogP contribution < -0.4 is 0 Å². The standard InChI is InChI=1S/C11H8F6N2/c12-10(13,14)8-3-7(4-19-5-8)9(11(15,16)17)1-2-18-6-9/h3-6H,1-2H2. The van der Waals surface area contributed by atoms with Gasteiger partial charge in [-0.2, -0.15) is 26.3 Å². The minimum atomic E-state index is -4.73. The predicted molar refractivity (Wildman–Crippen MR) is 54.9 cm³/mol. The highest BCUT2D eigenvalue weighted by Gasteiger charge is 2.56. The zero-order chi connectivity index (χ0) is 14.3. The molecular weight excluding hydrogens is 274 g/mol. The van der Waals surface area contributed by atoms with E-state index in [1.54, 1.807) is 0 Å². The molecule has 0 fully saturated rings. The average Bonchev–Trinajstić information content (AvgIpc) is 2.77. The lowest BCUT2D eigenvalue weighted by molar-refractivity contribution is -0.168. The number of halogens is 6. The second-order valence-corrected chi connectivity index (χ2v) is 4.21. The summed E-state index contributed by atoms with van der Waals surface area (Å²) >= 11 is 0. The van der Waals surface area contributed by atoms with Crippen molar-refractivity contribution in [2.45, 2.75) is 24.2 Å². The molecule has 0 saturated heterocycles. The summed E-state index contributed by atoms with van der Waals surface area (Å²) in [6.07, 6.45) is -7.87. The van der Waals surface area contributed by atoms with Gasteiger partial charge in [-0.3, -0.25) is 9.98 Å². The molecule has 1 unspecified atom stereocenters. The largest absolute Gasteiger partial charge is 0.417 e. The first-order valence-electron chi connectivity index (χ1n) is 5.27. The average molecular weight is 282 g/mol. The number of hydrogen-bond acceptors (Lipinski definition) is 2. The molecule has 8 heteroatoms. The second-order valence-electron chi connectivity index (χ2n) is 4.21. The van der Waals surface area contributed by atoms with Crippen molar-refractivity contribution in [1.82, 2.24) is 4.98 Å². The molecule has 0 spiro atoms. The minimum absolute atomic E-state index is 0.0737. The third kappa shape index (κ3) is 2.31. The lowest BCUT2D eigenvalue weighted by atomic mass is 9.79. The summed E-state index contributed by atoms with van der Waals surface area (Å²) in [6.45, 7) is -0.0737. The summed E-state index contributed by atoms with van der Waals surface area (Å²) in [5, 5.41) is 0. The Morgan fingerprint density at radius 3 is 2.21 bits per heavy atom. The van der Waals surface area contributed by atoms with Gasteiger partial charge >= 0.3 is 12.4 Å². The summed E-state index contributed by atoms with van der Waals surface area (Å²) in [6, 6.07) is 0.484. The van der Waals surface area contributed by atoms with Crippen LogP contribution in [0.1, 0.15) is 17.5 Å². The van der Waals surface area contributed by atoms with Crippen molar-refractivity contribution < 1.29 is 26.3 Å². The van der Waals surface area contributed by atoms with Gasteiger partial charge in [-0.05, 0) is 18.1 Å². The highest BCUT2D eigenvalue weighted by molar-refractivity contribution is 5.77. The van der Waals surface area contributed by atoms with Crippen molar-refractivity contribution >= 4 is 6.21 Å². The van der Waals surface area contributed by atoms with Gasteiger partial charge in [0.05, 0.1) is 5.56 Å². The zero-order valence-electron chi connectivity index (χ0n) is 9.39. The van der Waals surface area contributed by atoms with Gasteiger partial charge in [0.2, 0.25) is 0 Å². The van der Waals surface area contributed by atoms with Crippen molar-refractivity contribution in [2.24, 2.45) is 4.99 Å². The third-order valence-corrected chi connectivity index (χ3v) is 3.03. The smallest absolute Gasteiger partial charge is 0.296 e. The molecule has 0 aliphatic carbocycles. The Balaban J connectivity index is 2.54. The van der Waals surface area contributed by atoms with Crippen molar-refractivity contribution in [3.63, 3.8) is 0 Å². The van der Waals surface area contributed by atoms with E-state index in [9.17, 15) is 26.3 Å². The van der Waals surface area contributed by atoms with Gasteiger partial charge in [0.25, 0.3) is 0 Å². The molecule has 0 amide bonds. The van der Waals surface area contributed by atoms with Crippen LogP contribution in [0.4, 0.5) is 26.3 Å². The molecule has 19 heavy (non-hydrogen) atoms. The number of aromatic nitrogens is 1. The van der Waals surface area contributed by atoms with E-state index in [2.05, 4.69) is 9.98 Å². The maximum Gasteiger partial charge on any atom is 0.417 e. The van der Waals surface area contributed by atoms with Gasteiger partial charge in [-0.1, -0.05) is 0 Å². The van der Waals surface area contributed by atoms with E-state index in [0.29, 0.717) is 18.5 Å². The van der Waals surface area contributed by atoms with Crippen molar-refractivity contribution in [3.05, 3.63) is 29.6 Å². The fourth-order valence-corrected chi connectivity index (χ4v) is 1.96. The number of alkyl halides is 6. The third-order valence-electron chi connectivity index (χ3n) is 3.03. The highest BCUT2D eigenvalue weighted by Crippen LogP contribution is 2.45. The van der Waals surface area contributed by atoms with Crippen LogP contribution >= 0.6 is 0 Å². The molecule has 2 nitrogen and oxygen atoms in total. The van der Waals surface area contributed by atoms with Gasteiger partial charge in [0, 0.05) is 25.2 Å². The molecule has 1 aliphatic rings. The van der Waals surface area contributed by atoms with E-state index in [1.165, 1.54) is 0 Å². The number of nitrogens with zero attached hydrogens (tertiary/aromatic N) is 2. The zero-order valence-corrected chi connectivity index (χ0v) is 9.39. The Hall–Kier alpha value is -1.60. The lowest BCUT2D eigenvalue weighted by Gasteiger charge is -2.29. The van der Waals surface area contributed by atoms with Gasteiger partial charge in [0.1, 0.15) is 5.41 Å². The molecule has 2 rings (SSSR count). The Morgan fingerprint density at radius 2 is 1.74 bits per heavy atom. The monoisotopic (exact) mass is 282 g/mol. The first kappa shape index (κ1) is 13.8. The maximum absolute atomic E-state index is 13.1. The Bertz CT molecular complexity index is 505. The number of rotatable bonds is 1. The summed E-state index contributed by atoms with van der Waals surface area (Å²) in [4.78, 5) is 6.79. The number of pyridine rings is 1. The number of hydrogen-bond donors (Lipinski definition) is 0. The van der Waals surface area contributed by atoms with E-state index >= 15 is 0 Å². The van der Waals surface area contributed by atoms with Crippen LogP contribution in [0.3, 0.4) is 0 Å². The van der Waals surface area contributed by atoms with Crippen LogP contribution in [-0.2, 0) is 11.6 Å². The molecule has 0 radical (unpaired) electrons. The summed E-state index contributed by atoms with van der Waals surface area (Å²) in [5.41, 5.74) is -4.20. The molecule has 104 valence electrons. The van der Waals surface area contributed by atoms with Gasteiger partial charge < -0.3 is 0 Å². The first-order chi connectivity index (χ1) is 8.67. The summed E-state index contributed by atoms with van der Waals surface area (Å²) in [7, 11) is 0. The summed E-state index contributed by atoms with van der Waals surface area (Å²) in [5.74, 6) is 0. The van der Waals surface area contributed by atoms with Gasteiger partial charge in [0.15, 0.2) is 0 Å². The fourth-order valence-electron chi connectivity index (χ4n) is 1.96. The Morgan fingerprint density at radius 1 is 1.05 bits per heavy atom. The Labute approximate surface area is 104 Å². The maximum atomic E-state index is 13.1. The molecule has 0 bridgehead atoms. The quantitative estimate of drug-likeness (QED) is 0.725. The fraction of sp³-hybridized carbons (Fsp3) is 0.455. The van der Waals surface area contributed by atoms with E-state index in [1.807, 2.05) is 0 Å². The van der Waals surface area contributed by atoms with Crippen molar-refractivity contribution in [3.8, 4) is 0 Å². The molecule has 0 N–H and O–H groups in total. The lowest BCUT2D eigenvalue weighted by Crippen LogP contribution is -2.42. The van der Waals surface area contributed by atoms with Crippen LogP contribution in [-0.4, -0.2) is 23.9 Å². The van der Waals surface area contributed by atoms with Crippen molar-refractivity contribution in [2.75, 3.05) is 6.54 Å². The second kappa shape index (κ2) is 4.21. The van der Waals surface area contributed by atoms with E-state index in [4.69, 9.17) is 0 Å². The van der Waals surface area contributed by atoms with E-state index in [-0.39, 0.29) is 6.54 Å². The van der Waals surface area contributed by atoms with Crippen LogP contribution in [0.2, 0.25) is 0 Å². The number of aliphatic imine (C=N–C) groups is 1. The molecule has 1 aliphatic heterocycles. The topological polar surface area (TPSA) is 25.2 Å². The van der Waals surface area contributed by atoms with E-state index < -0.39 is 35.3 Å². The minimum Gasteiger partial charge on any atom is -0.296 e. The van der Waals surface area contributed by atoms with Gasteiger partial charge in [-0.15, -0.1) is 0 Å². The molecular formula is C11H8F6N2. The van der Waals surface area contributed by atoms with Crippen molar-refractivity contribution in [1.29, 1.82) is 0 Å². The SMILES string of the molecule is FC(F)(F)c1cncc(C2(C(F)(F)F)C=NCC2)c1. The van der Waals surface area contributed by atoms with Crippen LogP contribution in [0, 0.1) is 0 Å². The van der Waals surface area contributed by atoms with Crippen LogP contribution in [0.5, 0.6) is 0 Å². The summed E-state index contributed by atoms with van der Waals surface area (Å²) < 4.78 is 77.0. The molecule has 1 aromatic rings. The molecule has 1 aromatic heterocycles. The van der Waals surface area contributed by atoms with Crippen LogP contribution in [0.15, 0.2) is 23.5 Å². The molecule has 0 aromatic carbocycles. The first-order valence-corrected chi connectivity index (χ1v) is 5.27. The normalized spacial score (nSPS) is 23.9. The Kier molecular flexibility index (Phi) is 3.06. The van der Waals surface area contributed by atoms with Crippen LogP contribution in [0.25, 0.3) is 0 Å². The molecule has 1 atom stereocenters. The van der Waals surface area contributed by atoms with Gasteiger partial charge in [-0.25, -0.2) is 0 Å². The molecule has 0 saturated carbocycles.